The minimum Gasteiger partial charge on any atom is -0.460 e. The third kappa shape index (κ3) is 28.3. The molecule has 0 fully saturated rings. The summed E-state index contributed by atoms with van der Waals surface area (Å²) in [5.74, 6) is -0.692. The summed E-state index contributed by atoms with van der Waals surface area (Å²) in [6.07, 6.45) is 1.10. The van der Waals surface area contributed by atoms with Crippen molar-refractivity contribution in [3.63, 3.8) is 0 Å². The number of methoxy groups -OCH3 is 1. The predicted octanol–water partition coefficient (Wildman–Crippen LogP) is -0.325. The van der Waals surface area contributed by atoms with Crippen molar-refractivity contribution in [1.29, 1.82) is 0 Å². The summed E-state index contributed by atoms with van der Waals surface area (Å²) in [5.41, 5.74) is 4.23. The molecular formula is C48H73B2N3O16. The van der Waals surface area contributed by atoms with Crippen molar-refractivity contribution in [3.8, 4) is 0 Å². The van der Waals surface area contributed by atoms with Gasteiger partial charge < -0.3 is 72.8 Å². The van der Waals surface area contributed by atoms with Crippen LogP contribution >= 0.6 is 0 Å². The fourth-order valence-electron chi connectivity index (χ4n) is 6.63. The van der Waals surface area contributed by atoms with Gasteiger partial charge in [-0.05, 0) is 33.2 Å². The van der Waals surface area contributed by atoms with Crippen molar-refractivity contribution in [2.75, 3.05) is 146 Å². The smallest absolute Gasteiger partial charge is 0.460 e. The molecule has 5 N–H and O–H groups in total. The van der Waals surface area contributed by atoms with Crippen LogP contribution < -0.4 is 16.2 Å². The van der Waals surface area contributed by atoms with E-state index in [2.05, 4.69) is 16.8 Å². The molecule has 0 spiro atoms. The molecule has 19 nitrogen and oxygen atoms in total. The van der Waals surface area contributed by atoms with E-state index in [1.807, 2.05) is 53.4 Å². The van der Waals surface area contributed by atoms with Crippen LogP contribution in [0.15, 0.2) is 85.5 Å². The fraction of sp³-hybridized carbons (Fsp3) is 0.542. The number of carbonyl (C=O) groups excluding carboxylic acids is 2. The topological polar surface area (TPSA) is 226 Å². The van der Waals surface area contributed by atoms with Gasteiger partial charge in [0, 0.05) is 52.5 Å². The summed E-state index contributed by atoms with van der Waals surface area (Å²) in [7, 11) is -1.65. The minimum atomic E-state index is -1.66. The van der Waals surface area contributed by atoms with Crippen molar-refractivity contribution in [3.05, 3.63) is 108 Å². The summed E-state index contributed by atoms with van der Waals surface area (Å²) in [6.45, 7) is 13.1. The molecule has 0 saturated heterocycles. The number of hydrogen-bond donors (Lipinski definition) is 5. The van der Waals surface area contributed by atoms with Gasteiger partial charge in [-0.3, -0.25) is 14.6 Å². The highest BCUT2D eigenvalue weighted by molar-refractivity contribution is 6.59. The van der Waals surface area contributed by atoms with Crippen LogP contribution in [0.5, 0.6) is 0 Å². The van der Waals surface area contributed by atoms with Crippen LogP contribution in [0.2, 0.25) is 0 Å². The number of carbonyl (C=O) groups is 2. The molecule has 0 unspecified atom stereocenters. The maximum atomic E-state index is 13.2. The van der Waals surface area contributed by atoms with E-state index in [0.717, 1.165) is 22.8 Å². The third-order valence-electron chi connectivity index (χ3n) is 10.1. The molecule has 0 aliphatic heterocycles. The van der Waals surface area contributed by atoms with E-state index in [1.165, 1.54) is 0 Å². The lowest BCUT2D eigenvalue weighted by Crippen LogP contribution is -2.40. The maximum absolute atomic E-state index is 13.2. The Labute approximate surface area is 407 Å². The summed E-state index contributed by atoms with van der Waals surface area (Å²) in [4.78, 5) is 28.3. The van der Waals surface area contributed by atoms with E-state index in [9.17, 15) is 29.7 Å². The molecule has 0 aliphatic carbocycles. The first-order chi connectivity index (χ1) is 33.7. The highest BCUT2D eigenvalue weighted by atomic mass is 16.6. The van der Waals surface area contributed by atoms with Crippen LogP contribution in [0.4, 0.5) is 0 Å². The zero-order valence-corrected chi connectivity index (χ0v) is 40.1. The molecule has 69 heavy (non-hydrogen) atoms. The Kier molecular flexibility index (Phi) is 33.1. The Morgan fingerprint density at radius 1 is 0.522 bits per heavy atom. The summed E-state index contributed by atoms with van der Waals surface area (Å²) in [6, 6.07) is 22.3. The van der Waals surface area contributed by atoms with Crippen LogP contribution in [-0.4, -0.2) is 202 Å². The first-order valence-corrected chi connectivity index (χ1v) is 23.3. The molecule has 3 aromatic carbocycles. The lowest BCUT2D eigenvalue weighted by atomic mass is 9.77. The van der Waals surface area contributed by atoms with Gasteiger partial charge in [0.2, 0.25) is 5.91 Å². The zero-order valence-electron chi connectivity index (χ0n) is 40.1. The average molecular weight is 970 g/mol. The molecule has 382 valence electrons. The Bertz CT molecular complexity index is 1800. The molecule has 0 saturated carbocycles. The van der Waals surface area contributed by atoms with Crippen molar-refractivity contribution >= 4 is 37.0 Å². The monoisotopic (exact) mass is 970 g/mol. The summed E-state index contributed by atoms with van der Waals surface area (Å²) < 4.78 is 54.1. The lowest BCUT2D eigenvalue weighted by molar-refractivity contribution is -0.139. The molecule has 21 heteroatoms. The molecular weight excluding hydrogens is 896 g/mol. The third-order valence-corrected chi connectivity index (χ3v) is 10.1. The largest absolute Gasteiger partial charge is 0.488 e. The van der Waals surface area contributed by atoms with E-state index in [1.54, 1.807) is 31.4 Å². The second-order valence-corrected chi connectivity index (χ2v) is 15.4. The SMILES string of the molecule is C=CC(=O)OCCOCCOCCOCCOCCN(Cc1ccc(CN(CC(=O)NCCOCCOCCOCCOCCOC)Cc2ccccc2B(O)O)cc1)Cc1ccccc1B(O)O. The molecule has 1 amide bonds. The quantitative estimate of drug-likeness (QED) is 0.0212. The van der Waals surface area contributed by atoms with Gasteiger partial charge in [0.25, 0.3) is 0 Å². The van der Waals surface area contributed by atoms with Gasteiger partial charge in [-0.25, -0.2) is 4.79 Å². The molecule has 0 atom stereocenters. The van der Waals surface area contributed by atoms with Gasteiger partial charge in [0.15, 0.2) is 0 Å². The molecule has 3 rings (SSSR count). The molecule has 0 radical (unpaired) electrons. The first kappa shape index (κ1) is 59.2. The molecule has 0 aliphatic rings. The van der Waals surface area contributed by atoms with Crippen LogP contribution in [0.25, 0.3) is 0 Å². The standard InChI is InChI=1S/C48H73B2N3O16/c1-3-48(55)69-35-34-68-33-32-67-31-29-65-25-23-62-19-17-52(38-43-8-4-6-10-45(43)49(56)57)36-41-12-14-42(15-13-41)37-53(39-44-9-5-7-11-46(44)50(58)59)40-47(54)51-16-18-61-22-24-64-28-30-66-27-26-63-21-20-60-2/h3-15,56-59H,1,16-40H2,2H3,(H,51,54). The number of nitrogens with zero attached hydrogens (tertiary/aromatic N) is 2. The highest BCUT2D eigenvalue weighted by Gasteiger charge is 2.20. The number of esters is 1. The predicted molar refractivity (Wildman–Crippen MR) is 260 cm³/mol. The Morgan fingerprint density at radius 3 is 1.36 bits per heavy atom. The van der Waals surface area contributed by atoms with Gasteiger partial charge in [0.05, 0.1) is 119 Å². The first-order valence-electron chi connectivity index (χ1n) is 23.3. The van der Waals surface area contributed by atoms with Crippen LogP contribution in [0.1, 0.15) is 22.3 Å². The number of benzene rings is 3. The maximum Gasteiger partial charge on any atom is 0.488 e. The van der Waals surface area contributed by atoms with E-state index < -0.39 is 20.2 Å². The average Bonchev–Trinajstić information content (AvgIpc) is 3.34. The molecule has 0 heterocycles. The molecule has 3 aromatic rings. The van der Waals surface area contributed by atoms with Crippen LogP contribution in [0, 0.1) is 0 Å². The Balaban J connectivity index is 1.48. The van der Waals surface area contributed by atoms with Crippen molar-refractivity contribution in [1.82, 2.24) is 15.1 Å². The van der Waals surface area contributed by atoms with Crippen molar-refractivity contribution < 1.29 is 77.1 Å². The van der Waals surface area contributed by atoms with Gasteiger partial charge >= 0.3 is 20.2 Å². The van der Waals surface area contributed by atoms with Gasteiger partial charge in [0.1, 0.15) is 6.61 Å². The van der Waals surface area contributed by atoms with Gasteiger partial charge in [-0.2, -0.15) is 0 Å². The van der Waals surface area contributed by atoms with E-state index in [-0.39, 0.29) is 25.7 Å². The highest BCUT2D eigenvalue weighted by Crippen LogP contribution is 2.14. The number of rotatable bonds is 43. The van der Waals surface area contributed by atoms with Crippen LogP contribution in [-0.2, 0) is 83.1 Å². The normalized spacial score (nSPS) is 11.3. The summed E-state index contributed by atoms with van der Waals surface area (Å²) in [5, 5.41) is 43.2. The number of nitrogens with one attached hydrogen (secondary N) is 1. The van der Waals surface area contributed by atoms with Gasteiger partial charge in [-0.15, -0.1) is 0 Å². The minimum absolute atomic E-state index is 0.0511. The van der Waals surface area contributed by atoms with E-state index in [4.69, 9.17) is 47.4 Å². The summed E-state index contributed by atoms with van der Waals surface area (Å²) >= 11 is 0. The van der Waals surface area contributed by atoms with Crippen molar-refractivity contribution in [2.24, 2.45) is 0 Å². The molecule has 0 aromatic heterocycles. The van der Waals surface area contributed by atoms with Crippen LogP contribution in [0.3, 0.4) is 0 Å². The number of amides is 1. The van der Waals surface area contributed by atoms with E-state index >= 15 is 0 Å². The fourth-order valence-corrected chi connectivity index (χ4v) is 6.63. The number of ether oxygens (including phenoxy) is 10. The Hall–Kier alpha value is -4.13. The second kappa shape index (κ2) is 38.6. The van der Waals surface area contributed by atoms with E-state index in [0.29, 0.717) is 161 Å². The van der Waals surface area contributed by atoms with Gasteiger partial charge in [-0.1, -0.05) is 79.4 Å². The Morgan fingerprint density at radius 2 is 0.913 bits per heavy atom. The molecule has 0 bridgehead atoms. The number of hydrogen-bond acceptors (Lipinski definition) is 18. The zero-order chi connectivity index (χ0) is 49.6. The second-order valence-electron chi connectivity index (χ2n) is 15.4. The lowest BCUT2D eigenvalue weighted by Gasteiger charge is -2.25. The van der Waals surface area contributed by atoms with Crippen molar-refractivity contribution in [2.45, 2.75) is 26.2 Å².